The second-order valence-corrected chi connectivity index (χ2v) is 10.8. The highest BCUT2D eigenvalue weighted by molar-refractivity contribution is 7.99. The number of carbonyl (C=O) groups excluding carboxylic acids is 1. The van der Waals surface area contributed by atoms with Crippen LogP contribution in [0.2, 0.25) is 5.02 Å². The van der Waals surface area contributed by atoms with Gasteiger partial charge in [0.2, 0.25) is 0 Å². The number of aryl methyl sites for hydroxylation is 1. The van der Waals surface area contributed by atoms with E-state index in [1.807, 2.05) is 35.8 Å². The van der Waals surface area contributed by atoms with Gasteiger partial charge in [-0.05, 0) is 47.7 Å². The second kappa shape index (κ2) is 11.1. The summed E-state index contributed by atoms with van der Waals surface area (Å²) in [6, 6.07) is 23.8. The fraction of sp³-hybridized carbons (Fsp3) is 0.214. The van der Waals surface area contributed by atoms with Crippen molar-refractivity contribution in [3.05, 3.63) is 94.5 Å². The number of aromatic nitrogens is 3. The number of hydrazone groups is 1. The first kappa shape index (κ1) is 25.7. The van der Waals surface area contributed by atoms with Crippen LogP contribution >= 0.6 is 23.4 Å². The minimum Gasteiger partial charge on any atom is -0.272 e. The van der Waals surface area contributed by atoms with E-state index in [0.29, 0.717) is 10.2 Å². The van der Waals surface area contributed by atoms with E-state index in [0.717, 1.165) is 28.2 Å². The Morgan fingerprint density at radius 2 is 1.67 bits per heavy atom. The zero-order valence-corrected chi connectivity index (χ0v) is 22.3. The van der Waals surface area contributed by atoms with Crippen molar-refractivity contribution in [3.63, 3.8) is 0 Å². The normalized spacial score (nSPS) is 11.7. The van der Waals surface area contributed by atoms with Crippen LogP contribution in [0.3, 0.4) is 0 Å². The van der Waals surface area contributed by atoms with Crippen LogP contribution in [0.4, 0.5) is 0 Å². The molecule has 0 atom stereocenters. The van der Waals surface area contributed by atoms with E-state index in [9.17, 15) is 4.79 Å². The van der Waals surface area contributed by atoms with Gasteiger partial charge in [-0.2, -0.15) is 5.10 Å². The number of thioether (sulfide) groups is 1. The molecule has 0 aliphatic carbocycles. The minimum atomic E-state index is -0.236. The van der Waals surface area contributed by atoms with Crippen molar-refractivity contribution in [1.29, 1.82) is 0 Å². The molecule has 0 bridgehead atoms. The van der Waals surface area contributed by atoms with Gasteiger partial charge in [0, 0.05) is 16.3 Å². The van der Waals surface area contributed by atoms with Crippen LogP contribution in [0.5, 0.6) is 0 Å². The van der Waals surface area contributed by atoms with E-state index in [2.05, 4.69) is 77.9 Å². The van der Waals surface area contributed by atoms with Crippen molar-refractivity contribution in [2.24, 2.45) is 5.10 Å². The van der Waals surface area contributed by atoms with Crippen LogP contribution in [0.25, 0.3) is 17.1 Å². The monoisotopic (exact) mass is 517 g/mol. The van der Waals surface area contributed by atoms with Crippen LogP contribution in [-0.2, 0) is 10.2 Å². The number of halogens is 1. The Hall–Kier alpha value is -3.42. The third kappa shape index (κ3) is 6.42. The van der Waals surface area contributed by atoms with Crippen molar-refractivity contribution in [2.45, 2.75) is 38.3 Å². The Morgan fingerprint density at radius 1 is 1.00 bits per heavy atom. The molecule has 3 aromatic carbocycles. The smallest absolute Gasteiger partial charge is 0.250 e. The molecule has 0 fully saturated rings. The molecule has 1 N–H and O–H groups in total. The third-order valence-electron chi connectivity index (χ3n) is 5.54. The number of nitrogens with zero attached hydrogens (tertiary/aromatic N) is 4. The first-order chi connectivity index (χ1) is 17.2. The zero-order chi connectivity index (χ0) is 25.7. The van der Waals surface area contributed by atoms with Crippen LogP contribution in [0.15, 0.2) is 83.1 Å². The molecule has 0 saturated heterocycles. The summed E-state index contributed by atoms with van der Waals surface area (Å²) < 4.78 is 1.99. The molecular weight excluding hydrogens is 490 g/mol. The predicted molar refractivity (Wildman–Crippen MR) is 148 cm³/mol. The lowest BCUT2D eigenvalue weighted by Crippen LogP contribution is -2.20. The lowest BCUT2D eigenvalue weighted by atomic mass is 9.87. The number of nitrogens with one attached hydrogen (secondary N) is 1. The Labute approximate surface area is 220 Å². The average molecular weight is 518 g/mol. The summed E-state index contributed by atoms with van der Waals surface area (Å²) in [4.78, 5) is 12.4. The molecule has 4 rings (SSSR count). The molecule has 4 aromatic rings. The first-order valence-corrected chi connectivity index (χ1v) is 12.9. The van der Waals surface area contributed by atoms with Crippen molar-refractivity contribution in [2.75, 3.05) is 5.75 Å². The summed E-state index contributed by atoms with van der Waals surface area (Å²) in [6.07, 6.45) is 1.58. The van der Waals surface area contributed by atoms with Gasteiger partial charge in [0.1, 0.15) is 0 Å². The number of rotatable bonds is 7. The highest BCUT2D eigenvalue weighted by Gasteiger charge is 2.19. The van der Waals surface area contributed by atoms with Crippen LogP contribution in [0.1, 0.15) is 37.5 Å². The van der Waals surface area contributed by atoms with Gasteiger partial charge in [-0.25, -0.2) is 5.43 Å². The number of amides is 1. The second-order valence-electron chi connectivity index (χ2n) is 9.44. The third-order valence-corrected chi connectivity index (χ3v) is 6.72. The first-order valence-electron chi connectivity index (χ1n) is 11.5. The molecule has 0 saturated carbocycles. The number of hydrogen-bond acceptors (Lipinski definition) is 5. The van der Waals surface area contributed by atoms with Crippen molar-refractivity contribution < 1.29 is 4.79 Å². The molecule has 1 aromatic heterocycles. The molecule has 0 aliphatic rings. The summed E-state index contributed by atoms with van der Waals surface area (Å²) in [7, 11) is 0. The van der Waals surface area contributed by atoms with Gasteiger partial charge < -0.3 is 0 Å². The molecule has 0 unspecified atom stereocenters. The molecule has 1 amide bonds. The maximum atomic E-state index is 12.4. The molecule has 6 nitrogen and oxygen atoms in total. The molecular formula is C28H28ClN5OS. The van der Waals surface area contributed by atoms with E-state index in [1.54, 1.807) is 18.3 Å². The van der Waals surface area contributed by atoms with E-state index in [-0.39, 0.29) is 17.1 Å². The van der Waals surface area contributed by atoms with Crippen LogP contribution in [0, 0.1) is 6.92 Å². The van der Waals surface area contributed by atoms with Gasteiger partial charge in [-0.3, -0.25) is 9.36 Å². The van der Waals surface area contributed by atoms with Crippen LogP contribution in [-0.4, -0.2) is 32.6 Å². The van der Waals surface area contributed by atoms with Gasteiger partial charge in [-0.15, -0.1) is 10.2 Å². The van der Waals surface area contributed by atoms with Crippen molar-refractivity contribution >= 4 is 35.5 Å². The lowest BCUT2D eigenvalue weighted by Gasteiger charge is -2.19. The summed E-state index contributed by atoms with van der Waals surface area (Å²) in [6.45, 7) is 8.62. The van der Waals surface area contributed by atoms with Gasteiger partial charge in [0.05, 0.1) is 12.0 Å². The highest BCUT2D eigenvalue weighted by atomic mass is 35.5. The van der Waals surface area contributed by atoms with E-state index < -0.39 is 0 Å². The Kier molecular flexibility index (Phi) is 7.91. The molecule has 0 spiro atoms. The maximum absolute atomic E-state index is 12.4. The number of carbonyl (C=O) groups is 1. The zero-order valence-electron chi connectivity index (χ0n) is 20.7. The largest absolute Gasteiger partial charge is 0.272 e. The summed E-state index contributed by atoms with van der Waals surface area (Å²) in [5, 5.41) is 14.2. The summed E-state index contributed by atoms with van der Waals surface area (Å²) >= 11 is 7.21. The molecule has 0 radical (unpaired) electrons. The minimum absolute atomic E-state index is 0.0631. The van der Waals surface area contributed by atoms with E-state index >= 15 is 0 Å². The van der Waals surface area contributed by atoms with Gasteiger partial charge in [0.25, 0.3) is 5.91 Å². The Morgan fingerprint density at radius 3 is 2.31 bits per heavy atom. The molecule has 36 heavy (non-hydrogen) atoms. The van der Waals surface area contributed by atoms with Gasteiger partial charge in [-0.1, -0.05) is 98.2 Å². The fourth-order valence-electron chi connectivity index (χ4n) is 3.49. The molecule has 8 heteroatoms. The summed E-state index contributed by atoms with van der Waals surface area (Å²) in [5.41, 5.74) is 7.77. The Balaban J connectivity index is 1.53. The quantitative estimate of drug-likeness (QED) is 0.174. The lowest BCUT2D eigenvalue weighted by molar-refractivity contribution is -0.118. The average Bonchev–Trinajstić information content (AvgIpc) is 3.28. The molecule has 184 valence electrons. The summed E-state index contributed by atoms with van der Waals surface area (Å²) in [5.74, 6) is 0.632. The van der Waals surface area contributed by atoms with Gasteiger partial charge in [0.15, 0.2) is 11.0 Å². The fourth-order valence-corrected chi connectivity index (χ4v) is 4.36. The van der Waals surface area contributed by atoms with Crippen molar-refractivity contribution in [3.8, 4) is 17.1 Å². The number of benzene rings is 3. The van der Waals surface area contributed by atoms with E-state index in [1.165, 1.54) is 17.3 Å². The van der Waals surface area contributed by atoms with E-state index in [4.69, 9.17) is 11.6 Å². The SMILES string of the molecule is Cc1ccc(-n2c(SCC(=O)N/N=C/c3ccc(Cl)cc3)nnc2-c2ccc(C(C)(C)C)cc2)cc1. The molecule has 1 heterocycles. The Bertz CT molecular complexity index is 1360. The van der Waals surface area contributed by atoms with Gasteiger partial charge >= 0.3 is 0 Å². The van der Waals surface area contributed by atoms with Crippen molar-refractivity contribution in [1.82, 2.24) is 20.2 Å². The molecule has 0 aliphatic heterocycles. The topological polar surface area (TPSA) is 72.2 Å². The maximum Gasteiger partial charge on any atom is 0.250 e. The highest BCUT2D eigenvalue weighted by Crippen LogP contribution is 2.30. The predicted octanol–water partition coefficient (Wildman–Crippen LogP) is 6.44. The number of hydrogen-bond donors (Lipinski definition) is 1. The van der Waals surface area contributed by atoms with Crippen LogP contribution < -0.4 is 5.43 Å². The standard InChI is InChI=1S/C28H28ClN5OS/c1-19-5-15-24(16-6-19)34-26(21-9-11-22(12-10-21)28(2,3)4)32-33-27(34)36-18-25(35)31-30-17-20-7-13-23(29)14-8-20/h5-17H,18H2,1-4H3,(H,31,35)/b30-17+.